The first kappa shape index (κ1) is 17.1. The van der Waals surface area contributed by atoms with Gasteiger partial charge < -0.3 is 10.1 Å². The quantitative estimate of drug-likeness (QED) is 0.786. The zero-order valence-electron chi connectivity index (χ0n) is 12.8. The van der Waals surface area contributed by atoms with Gasteiger partial charge in [-0.15, -0.1) is 0 Å². The monoisotopic (exact) mass is 285 g/mol. The maximum absolute atomic E-state index is 13.8. The smallest absolute Gasteiger partial charge is 0.129 e. The van der Waals surface area contributed by atoms with Crippen LogP contribution in [0, 0.1) is 11.6 Å². The van der Waals surface area contributed by atoms with E-state index in [0.717, 1.165) is 13.0 Å². The Morgan fingerprint density at radius 2 is 1.80 bits per heavy atom. The number of hydrogen-bond donors (Lipinski definition) is 1. The van der Waals surface area contributed by atoms with Crippen LogP contribution in [0.5, 0.6) is 0 Å². The molecule has 0 aliphatic heterocycles. The highest BCUT2D eigenvalue weighted by molar-refractivity contribution is 5.21. The summed E-state index contributed by atoms with van der Waals surface area (Å²) in [5, 5.41) is 3.34. The van der Waals surface area contributed by atoms with Crippen molar-refractivity contribution in [3.05, 3.63) is 35.4 Å². The molecule has 0 bridgehead atoms. The van der Waals surface area contributed by atoms with Gasteiger partial charge in [0.15, 0.2) is 0 Å². The number of ether oxygens (including phenoxy) is 1. The molecule has 1 N–H and O–H groups in total. The lowest BCUT2D eigenvalue weighted by atomic mass is 9.91. The molecule has 0 aliphatic carbocycles. The predicted molar refractivity (Wildman–Crippen MR) is 77.8 cm³/mol. The minimum absolute atomic E-state index is 0.119. The molecule has 1 aromatic carbocycles. The van der Waals surface area contributed by atoms with Gasteiger partial charge in [-0.2, -0.15) is 0 Å². The van der Waals surface area contributed by atoms with E-state index in [1.165, 1.54) is 18.2 Å². The number of hydrogen-bond acceptors (Lipinski definition) is 2. The number of benzene rings is 1. The molecule has 0 amide bonds. The largest absolute Gasteiger partial charge is 0.374 e. The van der Waals surface area contributed by atoms with Crippen molar-refractivity contribution in [3.8, 4) is 0 Å². The molecular weight excluding hydrogens is 260 g/mol. The van der Waals surface area contributed by atoms with Gasteiger partial charge in [-0.3, -0.25) is 0 Å². The molecule has 0 saturated carbocycles. The van der Waals surface area contributed by atoms with Crippen molar-refractivity contribution in [2.45, 2.75) is 52.2 Å². The third-order valence-electron chi connectivity index (χ3n) is 3.47. The summed E-state index contributed by atoms with van der Waals surface area (Å²) in [7, 11) is 0. The second-order valence-electron chi connectivity index (χ2n) is 5.45. The molecule has 0 radical (unpaired) electrons. The molecule has 0 aromatic heterocycles. The zero-order valence-corrected chi connectivity index (χ0v) is 12.8. The topological polar surface area (TPSA) is 21.3 Å². The van der Waals surface area contributed by atoms with Gasteiger partial charge in [0.2, 0.25) is 0 Å². The fourth-order valence-corrected chi connectivity index (χ4v) is 2.29. The summed E-state index contributed by atoms with van der Waals surface area (Å²) in [4.78, 5) is 0. The Hall–Kier alpha value is -1.00. The minimum Gasteiger partial charge on any atom is -0.374 e. The first-order valence-corrected chi connectivity index (χ1v) is 7.22. The van der Waals surface area contributed by atoms with E-state index in [1.54, 1.807) is 0 Å². The van der Waals surface area contributed by atoms with Gasteiger partial charge >= 0.3 is 0 Å². The van der Waals surface area contributed by atoms with Crippen molar-refractivity contribution in [2.24, 2.45) is 0 Å². The van der Waals surface area contributed by atoms with Crippen molar-refractivity contribution in [1.82, 2.24) is 5.32 Å². The van der Waals surface area contributed by atoms with E-state index >= 15 is 0 Å². The lowest BCUT2D eigenvalue weighted by molar-refractivity contribution is -0.0382. The van der Waals surface area contributed by atoms with Gasteiger partial charge in [-0.1, -0.05) is 13.0 Å². The van der Waals surface area contributed by atoms with Crippen molar-refractivity contribution in [3.63, 3.8) is 0 Å². The lowest BCUT2D eigenvalue weighted by Crippen LogP contribution is -2.50. The summed E-state index contributed by atoms with van der Waals surface area (Å²) in [6.45, 7) is 9.23. The minimum atomic E-state index is -0.499. The first-order chi connectivity index (χ1) is 9.42. The Kier molecular flexibility index (Phi) is 6.56. The van der Waals surface area contributed by atoms with Crippen molar-refractivity contribution in [1.29, 1.82) is 0 Å². The van der Waals surface area contributed by atoms with Crippen molar-refractivity contribution < 1.29 is 13.5 Å². The summed E-state index contributed by atoms with van der Waals surface area (Å²) in [6.07, 6.45) is 1.23. The maximum Gasteiger partial charge on any atom is 0.129 e. The Morgan fingerprint density at radius 3 is 2.30 bits per heavy atom. The van der Waals surface area contributed by atoms with Crippen LogP contribution in [0.3, 0.4) is 0 Å². The third-order valence-corrected chi connectivity index (χ3v) is 3.47. The van der Waals surface area contributed by atoms with Gasteiger partial charge in [0.25, 0.3) is 0 Å². The van der Waals surface area contributed by atoms with E-state index in [-0.39, 0.29) is 18.0 Å². The SMILES string of the molecule is CCCNC(Cc1c(F)cccc1F)C(C)(C)OCC. The van der Waals surface area contributed by atoms with Gasteiger partial charge in [0, 0.05) is 18.2 Å². The molecule has 1 atom stereocenters. The van der Waals surface area contributed by atoms with Gasteiger partial charge in [0.05, 0.1) is 5.60 Å². The molecule has 1 unspecified atom stereocenters. The van der Waals surface area contributed by atoms with E-state index in [2.05, 4.69) is 12.2 Å². The number of nitrogens with one attached hydrogen (secondary N) is 1. The fourth-order valence-electron chi connectivity index (χ4n) is 2.29. The van der Waals surface area contributed by atoms with Crippen LogP contribution >= 0.6 is 0 Å². The summed E-state index contributed by atoms with van der Waals surface area (Å²) in [5.41, 5.74) is -0.368. The molecule has 0 heterocycles. The van der Waals surface area contributed by atoms with Gasteiger partial charge in [-0.25, -0.2) is 8.78 Å². The highest BCUT2D eigenvalue weighted by Gasteiger charge is 2.31. The van der Waals surface area contributed by atoms with E-state index in [0.29, 0.717) is 6.61 Å². The molecule has 1 rings (SSSR count). The highest BCUT2D eigenvalue weighted by Crippen LogP contribution is 2.22. The summed E-state index contributed by atoms with van der Waals surface area (Å²) in [5.74, 6) is -0.999. The van der Waals surface area contributed by atoms with Gasteiger partial charge in [0.1, 0.15) is 11.6 Å². The summed E-state index contributed by atoms with van der Waals surface area (Å²) >= 11 is 0. The van der Waals surface area contributed by atoms with Crippen molar-refractivity contribution in [2.75, 3.05) is 13.2 Å². The summed E-state index contributed by atoms with van der Waals surface area (Å²) < 4.78 is 33.3. The molecule has 114 valence electrons. The average Bonchev–Trinajstić information content (AvgIpc) is 2.37. The second-order valence-corrected chi connectivity index (χ2v) is 5.45. The van der Waals surface area contributed by atoms with E-state index in [1.807, 2.05) is 20.8 Å². The molecule has 4 heteroatoms. The Balaban J connectivity index is 2.94. The Morgan fingerprint density at radius 1 is 1.20 bits per heavy atom. The number of halogens is 2. The molecule has 2 nitrogen and oxygen atoms in total. The van der Waals surface area contributed by atoms with Crippen LogP contribution in [0.2, 0.25) is 0 Å². The molecular formula is C16H25F2NO. The van der Waals surface area contributed by atoms with Crippen molar-refractivity contribution >= 4 is 0 Å². The van der Waals surface area contributed by atoms with Crippen LogP contribution in [0.15, 0.2) is 18.2 Å². The lowest BCUT2D eigenvalue weighted by Gasteiger charge is -2.35. The first-order valence-electron chi connectivity index (χ1n) is 7.22. The van der Waals surface area contributed by atoms with E-state index in [9.17, 15) is 8.78 Å². The second kappa shape index (κ2) is 7.70. The fraction of sp³-hybridized carbons (Fsp3) is 0.625. The van der Waals surface area contributed by atoms with Crippen LogP contribution in [0.1, 0.15) is 39.7 Å². The standard InChI is InChI=1S/C16H25F2NO/c1-5-10-19-15(16(3,4)20-6-2)11-12-13(17)8-7-9-14(12)18/h7-9,15,19H,5-6,10-11H2,1-4H3. The number of rotatable bonds is 8. The molecule has 0 saturated heterocycles. The Bertz CT molecular complexity index is 401. The molecule has 0 fully saturated rings. The predicted octanol–water partition coefficient (Wildman–Crippen LogP) is 3.69. The van der Waals surface area contributed by atoms with E-state index < -0.39 is 17.2 Å². The van der Waals surface area contributed by atoms with Crippen LogP contribution in [-0.4, -0.2) is 24.8 Å². The van der Waals surface area contributed by atoms with Crippen LogP contribution in [0.25, 0.3) is 0 Å². The van der Waals surface area contributed by atoms with Crippen LogP contribution in [0.4, 0.5) is 8.78 Å². The van der Waals surface area contributed by atoms with Gasteiger partial charge in [-0.05, 0) is 52.3 Å². The zero-order chi connectivity index (χ0) is 15.2. The van der Waals surface area contributed by atoms with Crippen LogP contribution < -0.4 is 5.32 Å². The average molecular weight is 285 g/mol. The molecule has 20 heavy (non-hydrogen) atoms. The summed E-state index contributed by atoms with van der Waals surface area (Å²) in [6, 6.07) is 3.83. The highest BCUT2D eigenvalue weighted by atomic mass is 19.1. The Labute approximate surface area is 120 Å². The molecule has 0 aliphatic rings. The maximum atomic E-state index is 13.8. The molecule has 1 aromatic rings. The molecule has 0 spiro atoms. The third kappa shape index (κ3) is 4.53. The normalized spacial score (nSPS) is 13.5. The van der Waals surface area contributed by atoms with E-state index in [4.69, 9.17) is 4.74 Å². The van der Waals surface area contributed by atoms with Crippen LogP contribution in [-0.2, 0) is 11.2 Å².